The molecule has 1 saturated carbocycles. The Morgan fingerprint density at radius 1 is 0.548 bits per heavy atom. The summed E-state index contributed by atoms with van der Waals surface area (Å²) < 4.78 is 18.9. The van der Waals surface area contributed by atoms with Crippen LogP contribution >= 0.6 is 0 Å². The smallest absolute Gasteiger partial charge is 0.110 e. The summed E-state index contributed by atoms with van der Waals surface area (Å²) in [6, 6.07) is 30.3. The molecule has 2 unspecified atom stereocenters. The first kappa shape index (κ1) is 21.7. The Hall–Kier alpha value is -2.50. The molecule has 4 nitrogen and oxygen atoms in total. The zero-order chi connectivity index (χ0) is 21.3. The summed E-state index contributed by atoms with van der Waals surface area (Å²) in [6.07, 6.45) is -0.134. The molecule has 1 fully saturated rings. The molecule has 4 heteroatoms. The van der Waals surface area contributed by atoms with E-state index in [0.29, 0.717) is 32.7 Å². The molecule has 1 aliphatic rings. The highest BCUT2D eigenvalue weighted by molar-refractivity contribution is 5.15. The Morgan fingerprint density at radius 2 is 0.903 bits per heavy atom. The molecule has 0 radical (unpaired) electrons. The van der Waals surface area contributed by atoms with Crippen LogP contribution in [-0.2, 0) is 34.0 Å². The van der Waals surface area contributed by atoms with Crippen LogP contribution in [0, 0.1) is 0 Å². The zero-order valence-corrected chi connectivity index (χ0v) is 17.7. The number of aliphatic hydroxyl groups is 1. The van der Waals surface area contributed by atoms with E-state index >= 15 is 0 Å². The second-order valence-electron chi connectivity index (χ2n) is 8.06. The van der Waals surface area contributed by atoms with E-state index in [1.54, 1.807) is 0 Å². The van der Waals surface area contributed by atoms with Crippen LogP contribution in [0.5, 0.6) is 0 Å². The van der Waals surface area contributed by atoms with Gasteiger partial charge in [-0.05, 0) is 16.7 Å². The number of aliphatic hydroxyl groups excluding tert-OH is 1. The van der Waals surface area contributed by atoms with E-state index < -0.39 is 6.10 Å². The molecule has 0 spiro atoms. The van der Waals surface area contributed by atoms with Crippen molar-refractivity contribution >= 4 is 0 Å². The molecular formula is C27H30O4. The Kier molecular flexibility index (Phi) is 7.86. The number of rotatable bonds is 9. The zero-order valence-electron chi connectivity index (χ0n) is 17.7. The lowest BCUT2D eigenvalue weighted by Gasteiger charge is -2.39. The van der Waals surface area contributed by atoms with Crippen molar-refractivity contribution < 1.29 is 19.3 Å². The van der Waals surface area contributed by atoms with Crippen molar-refractivity contribution in [2.75, 3.05) is 0 Å². The van der Waals surface area contributed by atoms with Gasteiger partial charge in [0.25, 0.3) is 0 Å². The van der Waals surface area contributed by atoms with Gasteiger partial charge >= 0.3 is 0 Å². The molecule has 1 aliphatic carbocycles. The summed E-state index contributed by atoms with van der Waals surface area (Å²) in [5.41, 5.74) is 3.31. The molecule has 31 heavy (non-hydrogen) atoms. The van der Waals surface area contributed by atoms with E-state index in [1.807, 2.05) is 78.9 Å². The Balaban J connectivity index is 1.46. The summed E-state index contributed by atoms with van der Waals surface area (Å²) in [5.74, 6) is 0. The lowest BCUT2D eigenvalue weighted by Crippen LogP contribution is -2.50. The van der Waals surface area contributed by atoms with E-state index in [0.717, 1.165) is 16.7 Å². The Bertz CT molecular complexity index is 831. The Labute approximate surface area is 184 Å². The van der Waals surface area contributed by atoms with Gasteiger partial charge in [-0.25, -0.2) is 0 Å². The van der Waals surface area contributed by atoms with Crippen LogP contribution in [0.15, 0.2) is 91.0 Å². The van der Waals surface area contributed by atoms with Crippen LogP contribution in [-0.4, -0.2) is 29.5 Å². The van der Waals surface area contributed by atoms with Gasteiger partial charge in [0.1, 0.15) is 6.10 Å². The minimum Gasteiger partial charge on any atom is -0.393 e. The van der Waals surface area contributed by atoms with Crippen molar-refractivity contribution in [2.24, 2.45) is 0 Å². The van der Waals surface area contributed by atoms with Crippen molar-refractivity contribution in [1.82, 2.24) is 0 Å². The van der Waals surface area contributed by atoms with Gasteiger partial charge in [0.15, 0.2) is 0 Å². The van der Waals surface area contributed by atoms with Crippen LogP contribution < -0.4 is 0 Å². The highest BCUT2D eigenvalue weighted by Gasteiger charge is 2.39. The number of hydrogen-bond donors (Lipinski definition) is 1. The number of benzene rings is 3. The third kappa shape index (κ3) is 6.49. The van der Waals surface area contributed by atoms with Gasteiger partial charge < -0.3 is 19.3 Å². The minimum absolute atomic E-state index is 0.242. The second-order valence-corrected chi connectivity index (χ2v) is 8.06. The lowest BCUT2D eigenvalue weighted by atomic mass is 9.89. The third-order valence-electron chi connectivity index (χ3n) is 5.64. The summed E-state index contributed by atoms with van der Waals surface area (Å²) in [7, 11) is 0. The molecule has 2 atom stereocenters. The van der Waals surface area contributed by atoms with Gasteiger partial charge in [0.05, 0.1) is 38.1 Å². The average molecular weight is 419 g/mol. The van der Waals surface area contributed by atoms with Crippen molar-refractivity contribution in [3.63, 3.8) is 0 Å². The van der Waals surface area contributed by atoms with Gasteiger partial charge in [-0.15, -0.1) is 0 Å². The predicted molar refractivity (Wildman–Crippen MR) is 120 cm³/mol. The largest absolute Gasteiger partial charge is 0.393 e. The summed E-state index contributed by atoms with van der Waals surface area (Å²) >= 11 is 0. The fraction of sp³-hybridized carbons (Fsp3) is 0.333. The standard InChI is InChI=1S/C27H30O4/c28-24-16-25(29-18-21-10-4-1-5-11-21)27(31-20-23-14-8-3-9-15-23)26(17-24)30-19-22-12-6-2-7-13-22/h1-15,24-28H,16-20H2. The van der Waals surface area contributed by atoms with Crippen LogP contribution in [0.2, 0.25) is 0 Å². The van der Waals surface area contributed by atoms with Gasteiger partial charge in [0.2, 0.25) is 0 Å². The van der Waals surface area contributed by atoms with Gasteiger partial charge in [-0.2, -0.15) is 0 Å². The van der Waals surface area contributed by atoms with Gasteiger partial charge in [-0.3, -0.25) is 0 Å². The lowest BCUT2D eigenvalue weighted by molar-refractivity contribution is -0.188. The van der Waals surface area contributed by atoms with Crippen molar-refractivity contribution in [1.29, 1.82) is 0 Å². The molecular weight excluding hydrogens is 388 g/mol. The van der Waals surface area contributed by atoms with Gasteiger partial charge in [-0.1, -0.05) is 91.0 Å². The minimum atomic E-state index is -0.474. The fourth-order valence-electron chi connectivity index (χ4n) is 4.00. The molecule has 0 saturated heterocycles. The summed E-state index contributed by atoms with van der Waals surface area (Å²) in [4.78, 5) is 0. The quantitative estimate of drug-likeness (QED) is 0.537. The van der Waals surface area contributed by atoms with Crippen molar-refractivity contribution in [2.45, 2.75) is 57.1 Å². The first-order chi connectivity index (χ1) is 15.3. The molecule has 0 heterocycles. The average Bonchev–Trinajstić information content (AvgIpc) is 2.82. The molecule has 0 aliphatic heterocycles. The SMILES string of the molecule is OC1CC(OCc2ccccc2)C(OCc2ccccc2)C(OCc2ccccc2)C1. The van der Waals surface area contributed by atoms with Crippen LogP contribution in [0.25, 0.3) is 0 Å². The van der Waals surface area contributed by atoms with Crippen LogP contribution in [0.4, 0.5) is 0 Å². The Morgan fingerprint density at radius 3 is 1.29 bits per heavy atom. The van der Waals surface area contributed by atoms with Crippen molar-refractivity contribution in [3.8, 4) is 0 Å². The van der Waals surface area contributed by atoms with Gasteiger partial charge in [0, 0.05) is 12.8 Å². The van der Waals surface area contributed by atoms with E-state index in [4.69, 9.17) is 14.2 Å². The van der Waals surface area contributed by atoms with E-state index in [2.05, 4.69) is 12.1 Å². The van der Waals surface area contributed by atoms with E-state index in [1.165, 1.54) is 0 Å². The normalized spacial score (nSPS) is 23.5. The molecule has 0 bridgehead atoms. The summed E-state index contributed by atoms with van der Waals surface area (Å²) in [6.45, 7) is 1.45. The molecule has 162 valence electrons. The van der Waals surface area contributed by atoms with E-state index in [-0.39, 0.29) is 18.3 Å². The highest BCUT2D eigenvalue weighted by atomic mass is 16.6. The van der Waals surface area contributed by atoms with E-state index in [9.17, 15) is 5.11 Å². The predicted octanol–water partition coefficient (Wildman–Crippen LogP) is 4.90. The molecule has 3 aromatic carbocycles. The maximum Gasteiger partial charge on any atom is 0.110 e. The highest BCUT2D eigenvalue weighted by Crippen LogP contribution is 2.29. The fourth-order valence-corrected chi connectivity index (χ4v) is 4.00. The maximum absolute atomic E-state index is 10.5. The first-order valence-electron chi connectivity index (χ1n) is 10.9. The molecule has 4 rings (SSSR count). The number of ether oxygens (including phenoxy) is 3. The molecule has 3 aromatic rings. The molecule has 1 N–H and O–H groups in total. The summed E-state index contributed by atoms with van der Waals surface area (Å²) in [5, 5.41) is 10.5. The van der Waals surface area contributed by atoms with Crippen molar-refractivity contribution in [3.05, 3.63) is 108 Å². The monoisotopic (exact) mass is 418 g/mol. The maximum atomic E-state index is 10.5. The van der Waals surface area contributed by atoms with Crippen LogP contribution in [0.1, 0.15) is 29.5 Å². The third-order valence-corrected chi connectivity index (χ3v) is 5.64. The topological polar surface area (TPSA) is 47.9 Å². The molecule has 0 aromatic heterocycles. The number of hydrogen-bond acceptors (Lipinski definition) is 4. The van der Waals surface area contributed by atoms with Crippen LogP contribution in [0.3, 0.4) is 0 Å². The molecule has 0 amide bonds. The first-order valence-corrected chi connectivity index (χ1v) is 10.9. The second kappa shape index (κ2) is 11.2.